The summed E-state index contributed by atoms with van der Waals surface area (Å²) in [5.41, 5.74) is -1.25. The minimum atomic E-state index is -1.25. The molecule has 1 aromatic rings. The van der Waals surface area contributed by atoms with E-state index in [1.54, 1.807) is 27.7 Å². The maximum atomic E-state index is 12.9. The van der Waals surface area contributed by atoms with E-state index in [0.29, 0.717) is 5.75 Å². The van der Waals surface area contributed by atoms with Crippen molar-refractivity contribution in [1.82, 2.24) is 4.90 Å². The van der Waals surface area contributed by atoms with Crippen LogP contribution < -0.4 is 4.74 Å². The summed E-state index contributed by atoms with van der Waals surface area (Å²) in [6.07, 6.45) is 0. The highest BCUT2D eigenvalue weighted by molar-refractivity contribution is 5.88. The van der Waals surface area contributed by atoms with Crippen LogP contribution in [0.1, 0.15) is 27.7 Å². The van der Waals surface area contributed by atoms with Crippen molar-refractivity contribution < 1.29 is 23.8 Å². The zero-order valence-corrected chi connectivity index (χ0v) is 12.6. The van der Waals surface area contributed by atoms with Crippen LogP contribution in [0.25, 0.3) is 0 Å². The highest BCUT2D eigenvalue weighted by Crippen LogP contribution is 2.21. The molecular formula is C15H20FNO4. The molecule has 0 radical (unpaired) electrons. The fourth-order valence-electron chi connectivity index (χ4n) is 1.82. The largest absolute Gasteiger partial charge is 0.480 e. The number of carbonyl (C=O) groups excluding carboxylic acids is 1. The van der Waals surface area contributed by atoms with E-state index >= 15 is 0 Å². The van der Waals surface area contributed by atoms with Crippen molar-refractivity contribution in [1.29, 1.82) is 0 Å². The number of hydrogen-bond acceptors (Lipinski definition) is 3. The van der Waals surface area contributed by atoms with Gasteiger partial charge in [-0.2, -0.15) is 0 Å². The van der Waals surface area contributed by atoms with Crippen LogP contribution in [0, 0.1) is 5.82 Å². The summed E-state index contributed by atoms with van der Waals surface area (Å²) in [4.78, 5) is 24.6. The Bertz CT molecular complexity index is 511. The lowest BCUT2D eigenvalue weighted by atomic mass is 10.1. The fourth-order valence-corrected chi connectivity index (χ4v) is 1.82. The first kappa shape index (κ1) is 16.9. The van der Waals surface area contributed by atoms with Crippen molar-refractivity contribution in [2.75, 3.05) is 6.54 Å². The van der Waals surface area contributed by atoms with Gasteiger partial charge in [-0.3, -0.25) is 9.59 Å². The summed E-state index contributed by atoms with van der Waals surface area (Å²) in [7, 11) is 0. The van der Waals surface area contributed by atoms with Crippen molar-refractivity contribution in [2.45, 2.75) is 39.3 Å². The Hall–Kier alpha value is -2.11. The molecule has 0 unspecified atom stereocenters. The summed E-state index contributed by atoms with van der Waals surface area (Å²) in [6, 6.07) is 5.02. The zero-order valence-electron chi connectivity index (χ0n) is 12.6. The number of hydrogen-bond donors (Lipinski definition) is 1. The summed E-state index contributed by atoms with van der Waals surface area (Å²) < 4.78 is 18.4. The molecule has 0 heterocycles. The van der Waals surface area contributed by atoms with E-state index in [1.165, 1.54) is 29.2 Å². The van der Waals surface area contributed by atoms with E-state index in [9.17, 15) is 14.0 Å². The van der Waals surface area contributed by atoms with E-state index in [1.807, 2.05) is 0 Å². The lowest BCUT2D eigenvalue weighted by Gasteiger charge is -2.33. The molecule has 0 spiro atoms. The third-order valence-electron chi connectivity index (χ3n) is 2.89. The predicted molar refractivity (Wildman–Crippen MR) is 75.6 cm³/mol. The molecule has 5 nitrogen and oxygen atoms in total. The van der Waals surface area contributed by atoms with Crippen molar-refractivity contribution in [2.24, 2.45) is 0 Å². The van der Waals surface area contributed by atoms with Crippen LogP contribution in [0.15, 0.2) is 24.3 Å². The second kappa shape index (κ2) is 6.56. The predicted octanol–water partition coefficient (Wildman–Crippen LogP) is 2.30. The lowest BCUT2D eigenvalue weighted by molar-refractivity contribution is -0.153. The van der Waals surface area contributed by atoms with Crippen molar-refractivity contribution in [3.05, 3.63) is 30.1 Å². The van der Waals surface area contributed by atoms with Gasteiger partial charge in [0.25, 0.3) is 5.91 Å². The maximum Gasteiger partial charge on any atom is 0.323 e. The smallest absolute Gasteiger partial charge is 0.323 e. The topological polar surface area (TPSA) is 66.8 Å². The number of ether oxygens (including phenoxy) is 1. The van der Waals surface area contributed by atoms with Crippen LogP contribution in [0.4, 0.5) is 4.39 Å². The Morgan fingerprint density at radius 3 is 2.24 bits per heavy atom. The second-order valence-corrected chi connectivity index (χ2v) is 5.49. The van der Waals surface area contributed by atoms with Gasteiger partial charge in [0.05, 0.1) is 0 Å². The molecule has 0 aromatic heterocycles. The molecule has 1 N–H and O–H groups in total. The monoisotopic (exact) mass is 297 g/mol. The van der Waals surface area contributed by atoms with Crippen LogP contribution in [0.5, 0.6) is 5.75 Å². The minimum absolute atomic E-state index is 0.273. The van der Waals surface area contributed by atoms with E-state index in [4.69, 9.17) is 9.84 Å². The summed E-state index contributed by atoms with van der Waals surface area (Å²) in [6.45, 7) is 6.17. The van der Waals surface area contributed by atoms with Gasteiger partial charge in [-0.05, 0) is 52.0 Å². The number of carboxylic acids is 1. The molecule has 21 heavy (non-hydrogen) atoms. The van der Waals surface area contributed by atoms with Gasteiger partial charge in [0, 0.05) is 6.04 Å². The van der Waals surface area contributed by atoms with Crippen LogP contribution in [0.2, 0.25) is 0 Å². The molecule has 1 amide bonds. The fraction of sp³-hybridized carbons (Fsp3) is 0.467. The Kier molecular flexibility index (Phi) is 5.29. The van der Waals surface area contributed by atoms with Crippen LogP contribution in [-0.4, -0.2) is 40.1 Å². The number of amides is 1. The number of benzene rings is 1. The molecule has 0 bridgehead atoms. The molecule has 116 valence electrons. The Labute approximate surface area is 123 Å². The third-order valence-corrected chi connectivity index (χ3v) is 2.89. The summed E-state index contributed by atoms with van der Waals surface area (Å²) in [5.74, 6) is -1.59. The number of rotatable bonds is 6. The highest BCUT2D eigenvalue weighted by Gasteiger charge is 2.36. The first-order valence-electron chi connectivity index (χ1n) is 6.61. The van der Waals surface area contributed by atoms with Crippen molar-refractivity contribution in [3.63, 3.8) is 0 Å². The molecule has 0 saturated carbocycles. The normalized spacial score (nSPS) is 11.3. The van der Waals surface area contributed by atoms with Crippen LogP contribution in [0.3, 0.4) is 0 Å². The Morgan fingerprint density at radius 1 is 1.29 bits per heavy atom. The standard InChI is InChI=1S/C15H20FNO4/c1-10(2)17(9-13(18)19)14(20)15(3,4)21-12-7-5-11(16)6-8-12/h5-8,10H,9H2,1-4H3,(H,18,19). The highest BCUT2D eigenvalue weighted by atomic mass is 19.1. The zero-order chi connectivity index (χ0) is 16.2. The average molecular weight is 297 g/mol. The number of carboxylic acid groups (broad SMARTS) is 1. The van der Waals surface area contributed by atoms with Gasteiger partial charge in [-0.15, -0.1) is 0 Å². The van der Waals surface area contributed by atoms with Crippen molar-refractivity contribution >= 4 is 11.9 Å². The number of nitrogens with zero attached hydrogens (tertiary/aromatic N) is 1. The number of halogens is 1. The Morgan fingerprint density at radius 2 is 1.81 bits per heavy atom. The molecule has 6 heteroatoms. The van der Waals surface area contributed by atoms with Gasteiger partial charge in [0.2, 0.25) is 0 Å². The Balaban J connectivity index is 2.90. The first-order chi connectivity index (χ1) is 9.63. The van der Waals surface area contributed by atoms with Crippen LogP contribution >= 0.6 is 0 Å². The van der Waals surface area contributed by atoms with E-state index in [2.05, 4.69) is 0 Å². The van der Waals surface area contributed by atoms with Crippen LogP contribution in [-0.2, 0) is 9.59 Å². The molecule has 0 fully saturated rings. The number of carbonyl (C=O) groups is 2. The molecular weight excluding hydrogens is 277 g/mol. The van der Waals surface area contributed by atoms with E-state index in [-0.39, 0.29) is 6.04 Å². The molecule has 1 aromatic carbocycles. The second-order valence-electron chi connectivity index (χ2n) is 5.49. The molecule has 0 aliphatic heterocycles. The van der Waals surface area contributed by atoms with Gasteiger partial charge in [-0.25, -0.2) is 4.39 Å². The molecule has 0 aliphatic rings. The molecule has 0 aliphatic carbocycles. The summed E-state index contributed by atoms with van der Waals surface area (Å²) >= 11 is 0. The molecule has 0 saturated heterocycles. The third kappa shape index (κ3) is 4.73. The molecule has 1 rings (SSSR count). The number of aliphatic carboxylic acids is 1. The van der Waals surface area contributed by atoms with Gasteiger partial charge in [-0.1, -0.05) is 0 Å². The van der Waals surface area contributed by atoms with Gasteiger partial charge in [0.15, 0.2) is 5.60 Å². The van der Waals surface area contributed by atoms with E-state index in [0.717, 1.165) is 0 Å². The van der Waals surface area contributed by atoms with Gasteiger partial charge < -0.3 is 14.7 Å². The quantitative estimate of drug-likeness (QED) is 0.875. The van der Waals surface area contributed by atoms with Crippen molar-refractivity contribution in [3.8, 4) is 5.75 Å². The SMILES string of the molecule is CC(C)N(CC(=O)O)C(=O)C(C)(C)Oc1ccc(F)cc1. The van der Waals surface area contributed by atoms with Gasteiger partial charge in [0.1, 0.15) is 18.1 Å². The minimum Gasteiger partial charge on any atom is -0.480 e. The van der Waals surface area contributed by atoms with E-state index < -0.39 is 29.8 Å². The summed E-state index contributed by atoms with van der Waals surface area (Å²) in [5, 5.41) is 8.89. The lowest BCUT2D eigenvalue weighted by Crippen LogP contribution is -2.52. The first-order valence-corrected chi connectivity index (χ1v) is 6.61. The average Bonchev–Trinajstić information content (AvgIpc) is 2.37. The van der Waals surface area contributed by atoms with Gasteiger partial charge >= 0.3 is 5.97 Å². The molecule has 0 atom stereocenters. The maximum absolute atomic E-state index is 12.9.